The predicted molar refractivity (Wildman–Crippen MR) is 339 cm³/mol. The van der Waals surface area contributed by atoms with E-state index in [9.17, 15) is 14.4 Å². The second-order valence-corrected chi connectivity index (χ2v) is 23.4. The van der Waals surface area contributed by atoms with Gasteiger partial charge in [0, 0.05) is 19.3 Å². The molecule has 0 bridgehead atoms. The van der Waals surface area contributed by atoms with E-state index in [0.717, 1.165) is 89.9 Å². The van der Waals surface area contributed by atoms with Crippen LogP contribution < -0.4 is 0 Å². The molecule has 0 fully saturated rings. The van der Waals surface area contributed by atoms with Gasteiger partial charge in [0.25, 0.3) is 0 Å². The monoisotopic (exact) mass is 1090 g/mol. The molecule has 6 nitrogen and oxygen atoms in total. The number of hydrogen-bond donors (Lipinski definition) is 0. The van der Waals surface area contributed by atoms with E-state index in [-0.39, 0.29) is 31.1 Å². The largest absolute Gasteiger partial charge is 0.462 e. The number of carbonyl (C=O) groups excluding carboxylic acids is 3. The summed E-state index contributed by atoms with van der Waals surface area (Å²) in [5.74, 6) is -0.860. The van der Waals surface area contributed by atoms with Gasteiger partial charge in [-0.3, -0.25) is 14.4 Å². The van der Waals surface area contributed by atoms with Crippen LogP contribution >= 0.6 is 0 Å². The fraction of sp³-hybridized carbons (Fsp3) is 0.847. The summed E-state index contributed by atoms with van der Waals surface area (Å²) >= 11 is 0. The Balaban J connectivity index is 4.09. The Labute approximate surface area is 486 Å². The SMILES string of the molecule is CC/C=C\C/C=C\C/C=C\C/C=C\CCCCCCCCCCC(=O)OC(COC(=O)CCCCCCCCCCC)COC(=O)CCCCCCCCCCCCCCCCCCCCCCCCCCCCCCCC. The maximum atomic E-state index is 12.9. The van der Waals surface area contributed by atoms with Crippen molar-refractivity contribution in [3.63, 3.8) is 0 Å². The molecule has 0 aliphatic carbocycles. The Morgan fingerprint density at radius 1 is 0.269 bits per heavy atom. The maximum absolute atomic E-state index is 12.9. The van der Waals surface area contributed by atoms with Crippen LogP contribution in [0.3, 0.4) is 0 Å². The summed E-state index contributed by atoms with van der Waals surface area (Å²) in [5.41, 5.74) is 0. The van der Waals surface area contributed by atoms with Gasteiger partial charge in [-0.2, -0.15) is 0 Å². The minimum atomic E-state index is -0.774. The first kappa shape index (κ1) is 75.4. The van der Waals surface area contributed by atoms with Gasteiger partial charge in [-0.1, -0.05) is 345 Å². The Morgan fingerprint density at radius 3 is 0.782 bits per heavy atom. The lowest BCUT2D eigenvalue weighted by Gasteiger charge is -2.18. The van der Waals surface area contributed by atoms with Crippen molar-refractivity contribution in [1.29, 1.82) is 0 Å². The molecule has 0 N–H and O–H groups in total. The Kier molecular flexibility index (Phi) is 64.6. The summed E-state index contributed by atoms with van der Waals surface area (Å²) in [6.07, 6.45) is 84.5. The summed E-state index contributed by atoms with van der Waals surface area (Å²) in [5, 5.41) is 0. The van der Waals surface area contributed by atoms with Crippen molar-refractivity contribution in [3.8, 4) is 0 Å². The molecule has 0 aromatic rings. The third kappa shape index (κ3) is 64.2. The Bertz CT molecular complexity index is 1350. The summed E-state index contributed by atoms with van der Waals surface area (Å²) in [6.45, 7) is 6.56. The van der Waals surface area contributed by atoms with E-state index in [1.807, 2.05) is 0 Å². The summed E-state index contributed by atoms with van der Waals surface area (Å²) < 4.78 is 16.9. The zero-order chi connectivity index (χ0) is 56.4. The third-order valence-electron chi connectivity index (χ3n) is 15.6. The number of ether oxygens (including phenoxy) is 3. The lowest BCUT2D eigenvalue weighted by Crippen LogP contribution is -2.30. The Hall–Kier alpha value is -2.63. The molecule has 0 aromatic heterocycles. The van der Waals surface area contributed by atoms with E-state index >= 15 is 0 Å². The first-order valence-corrected chi connectivity index (χ1v) is 34.6. The fourth-order valence-corrected chi connectivity index (χ4v) is 10.4. The molecule has 0 spiro atoms. The van der Waals surface area contributed by atoms with Crippen molar-refractivity contribution in [2.24, 2.45) is 0 Å². The zero-order valence-electron chi connectivity index (χ0n) is 52.5. The first-order chi connectivity index (χ1) is 38.5. The molecule has 0 aliphatic heterocycles. The minimum Gasteiger partial charge on any atom is -0.462 e. The van der Waals surface area contributed by atoms with Gasteiger partial charge in [-0.15, -0.1) is 0 Å². The molecule has 78 heavy (non-hydrogen) atoms. The van der Waals surface area contributed by atoms with Crippen LogP contribution in [0.4, 0.5) is 0 Å². The highest BCUT2D eigenvalue weighted by Crippen LogP contribution is 2.19. The molecule has 0 aliphatic rings. The molecular weight excluding hydrogens is 961 g/mol. The highest BCUT2D eigenvalue weighted by atomic mass is 16.6. The highest BCUT2D eigenvalue weighted by molar-refractivity contribution is 5.71. The average molecular weight is 1090 g/mol. The molecule has 1 atom stereocenters. The molecule has 0 saturated carbocycles. The van der Waals surface area contributed by atoms with E-state index in [2.05, 4.69) is 69.4 Å². The van der Waals surface area contributed by atoms with Gasteiger partial charge >= 0.3 is 17.9 Å². The summed E-state index contributed by atoms with van der Waals surface area (Å²) in [4.78, 5) is 38.2. The van der Waals surface area contributed by atoms with Crippen molar-refractivity contribution in [2.75, 3.05) is 13.2 Å². The van der Waals surface area contributed by atoms with Crippen LogP contribution in [0.2, 0.25) is 0 Å². The van der Waals surface area contributed by atoms with Gasteiger partial charge in [0.15, 0.2) is 6.10 Å². The second-order valence-electron chi connectivity index (χ2n) is 23.4. The van der Waals surface area contributed by atoms with E-state index in [0.29, 0.717) is 19.3 Å². The molecular formula is C72H132O6. The number of rotatable bonds is 64. The second kappa shape index (κ2) is 66.9. The number of unbranched alkanes of at least 4 members (excludes halogenated alkanes) is 45. The molecule has 0 saturated heterocycles. The lowest BCUT2D eigenvalue weighted by molar-refractivity contribution is -0.167. The molecule has 0 heterocycles. The first-order valence-electron chi connectivity index (χ1n) is 34.6. The average Bonchev–Trinajstić information content (AvgIpc) is 3.44. The number of allylic oxidation sites excluding steroid dienone is 8. The topological polar surface area (TPSA) is 78.9 Å². The van der Waals surface area contributed by atoms with E-state index < -0.39 is 6.10 Å². The van der Waals surface area contributed by atoms with Gasteiger partial charge in [-0.25, -0.2) is 0 Å². The highest BCUT2D eigenvalue weighted by Gasteiger charge is 2.19. The minimum absolute atomic E-state index is 0.0717. The van der Waals surface area contributed by atoms with Gasteiger partial charge in [0.1, 0.15) is 13.2 Å². The van der Waals surface area contributed by atoms with Gasteiger partial charge in [-0.05, 0) is 57.8 Å². The van der Waals surface area contributed by atoms with Crippen molar-refractivity contribution in [1.82, 2.24) is 0 Å². The number of carbonyl (C=O) groups is 3. The third-order valence-corrected chi connectivity index (χ3v) is 15.6. The van der Waals surface area contributed by atoms with Crippen LogP contribution in [-0.4, -0.2) is 37.2 Å². The molecule has 456 valence electrons. The van der Waals surface area contributed by atoms with Crippen molar-refractivity contribution >= 4 is 17.9 Å². The van der Waals surface area contributed by atoms with Crippen molar-refractivity contribution in [2.45, 2.75) is 380 Å². The van der Waals surface area contributed by atoms with E-state index in [4.69, 9.17) is 14.2 Å². The summed E-state index contributed by atoms with van der Waals surface area (Å²) in [6, 6.07) is 0. The van der Waals surface area contributed by atoms with Crippen LogP contribution in [0.5, 0.6) is 0 Å². The normalized spacial score (nSPS) is 12.3. The number of hydrogen-bond acceptors (Lipinski definition) is 6. The van der Waals surface area contributed by atoms with Gasteiger partial charge < -0.3 is 14.2 Å². The lowest BCUT2D eigenvalue weighted by atomic mass is 10.0. The van der Waals surface area contributed by atoms with Crippen LogP contribution in [0.1, 0.15) is 374 Å². The zero-order valence-corrected chi connectivity index (χ0v) is 52.5. The Morgan fingerprint density at radius 2 is 0.500 bits per heavy atom. The standard InChI is InChI=1S/C72H132O6/c1-4-7-10-13-16-19-21-23-25-27-29-31-32-33-34-35-36-37-38-39-41-42-44-46-48-50-53-56-59-62-65-71(74)77-68-69(67-76-70(73)64-61-58-55-52-18-15-12-9-6-3)78-72(75)66-63-60-57-54-51-49-47-45-43-40-30-28-26-24-22-20-17-14-11-8-5-2/h8,11,17,20,24,26,30,40,69H,4-7,9-10,12-16,18-19,21-23,25,27-29,31-39,41-68H2,1-3H3/b11-8-,20-17-,26-24-,40-30-. The molecule has 6 heteroatoms. The smallest absolute Gasteiger partial charge is 0.306 e. The van der Waals surface area contributed by atoms with Crippen molar-refractivity contribution < 1.29 is 28.6 Å². The van der Waals surface area contributed by atoms with Crippen LogP contribution in [0.15, 0.2) is 48.6 Å². The maximum Gasteiger partial charge on any atom is 0.306 e. The quantitative estimate of drug-likeness (QED) is 0.0261. The molecule has 0 rings (SSSR count). The molecule has 0 amide bonds. The van der Waals surface area contributed by atoms with E-state index in [1.165, 1.54) is 244 Å². The van der Waals surface area contributed by atoms with Crippen LogP contribution in [-0.2, 0) is 28.6 Å². The summed E-state index contributed by atoms with van der Waals surface area (Å²) in [7, 11) is 0. The molecule has 0 aromatic carbocycles. The van der Waals surface area contributed by atoms with Crippen molar-refractivity contribution in [3.05, 3.63) is 48.6 Å². The van der Waals surface area contributed by atoms with Gasteiger partial charge in [0.05, 0.1) is 0 Å². The molecule has 0 radical (unpaired) electrons. The predicted octanol–water partition coefficient (Wildman–Crippen LogP) is 23.7. The van der Waals surface area contributed by atoms with Gasteiger partial charge in [0.2, 0.25) is 0 Å². The molecule has 1 unspecified atom stereocenters. The van der Waals surface area contributed by atoms with Crippen LogP contribution in [0.25, 0.3) is 0 Å². The van der Waals surface area contributed by atoms with E-state index in [1.54, 1.807) is 0 Å². The van der Waals surface area contributed by atoms with Crippen LogP contribution in [0, 0.1) is 0 Å². The number of esters is 3. The fourth-order valence-electron chi connectivity index (χ4n) is 10.4.